The molecular weight excluding hydrogens is 360 g/mol. The first-order valence-electron chi connectivity index (χ1n) is 7.91. The van der Waals surface area contributed by atoms with Crippen molar-refractivity contribution in [2.45, 2.75) is 20.3 Å². The highest BCUT2D eigenvalue weighted by Gasteiger charge is 2.17. The smallest absolute Gasteiger partial charge is 0.229 e. The number of nitrogens with zero attached hydrogens (tertiary/aromatic N) is 2. The molecule has 2 aromatic carbocycles. The summed E-state index contributed by atoms with van der Waals surface area (Å²) in [6, 6.07) is 10.2. The average Bonchev–Trinajstić information content (AvgIpc) is 2.86. The fraction of sp³-hybridized carbons (Fsp3) is 0.158. The topological polar surface area (TPSA) is 46.9 Å². The van der Waals surface area contributed by atoms with E-state index in [-0.39, 0.29) is 12.1 Å². The standard InChI is InChI=1S/C19H16ClF2N3O/c1-11-16(10-19(26)23-18-8-5-14(21)9-17(18)22)12(2)25(24-11)15-6-3-13(20)4-7-15/h3-9H,10H2,1-2H3,(H,23,26). The summed E-state index contributed by atoms with van der Waals surface area (Å²) >= 11 is 5.91. The van der Waals surface area contributed by atoms with Gasteiger partial charge in [0.1, 0.15) is 11.6 Å². The summed E-state index contributed by atoms with van der Waals surface area (Å²) in [5.74, 6) is -1.92. The van der Waals surface area contributed by atoms with E-state index in [0.29, 0.717) is 10.7 Å². The third-order valence-electron chi connectivity index (χ3n) is 4.05. The molecule has 0 unspecified atom stereocenters. The van der Waals surface area contributed by atoms with Crippen LogP contribution in [0.5, 0.6) is 0 Å². The van der Waals surface area contributed by atoms with Crippen LogP contribution in [-0.2, 0) is 11.2 Å². The van der Waals surface area contributed by atoms with Crippen LogP contribution in [0.1, 0.15) is 17.0 Å². The number of hydrogen-bond donors (Lipinski definition) is 1. The normalized spacial score (nSPS) is 10.8. The zero-order valence-corrected chi connectivity index (χ0v) is 14.9. The van der Waals surface area contributed by atoms with Crippen LogP contribution in [0, 0.1) is 25.5 Å². The molecule has 0 saturated carbocycles. The number of amides is 1. The fourth-order valence-electron chi connectivity index (χ4n) is 2.71. The predicted octanol–water partition coefficient (Wildman–Crippen LogP) is 4.60. The molecular formula is C19H16ClF2N3O. The van der Waals surface area contributed by atoms with Crippen molar-refractivity contribution in [3.05, 3.63) is 76.1 Å². The lowest BCUT2D eigenvalue weighted by atomic mass is 10.1. The van der Waals surface area contributed by atoms with Gasteiger partial charge in [-0.25, -0.2) is 13.5 Å². The Morgan fingerprint density at radius 2 is 1.85 bits per heavy atom. The first-order valence-corrected chi connectivity index (χ1v) is 8.29. The summed E-state index contributed by atoms with van der Waals surface area (Å²) in [5, 5.41) is 7.55. The fourth-order valence-corrected chi connectivity index (χ4v) is 2.84. The van der Waals surface area contributed by atoms with E-state index >= 15 is 0 Å². The van der Waals surface area contributed by atoms with Crippen molar-refractivity contribution in [3.63, 3.8) is 0 Å². The van der Waals surface area contributed by atoms with Gasteiger partial charge in [-0.1, -0.05) is 11.6 Å². The van der Waals surface area contributed by atoms with Crippen LogP contribution in [-0.4, -0.2) is 15.7 Å². The van der Waals surface area contributed by atoms with Gasteiger partial charge in [0.05, 0.1) is 23.5 Å². The molecule has 3 aromatic rings. The Balaban J connectivity index is 1.81. The van der Waals surface area contributed by atoms with Crippen molar-refractivity contribution in [1.82, 2.24) is 9.78 Å². The molecule has 4 nitrogen and oxygen atoms in total. The van der Waals surface area contributed by atoms with Crippen LogP contribution in [0.4, 0.5) is 14.5 Å². The van der Waals surface area contributed by atoms with Crippen LogP contribution < -0.4 is 5.32 Å². The predicted molar refractivity (Wildman–Crippen MR) is 96.7 cm³/mol. The van der Waals surface area contributed by atoms with Gasteiger partial charge in [-0.3, -0.25) is 4.79 Å². The molecule has 0 aliphatic carbocycles. The highest BCUT2D eigenvalue weighted by atomic mass is 35.5. The third-order valence-corrected chi connectivity index (χ3v) is 4.31. The van der Waals surface area contributed by atoms with Gasteiger partial charge < -0.3 is 5.32 Å². The summed E-state index contributed by atoms with van der Waals surface area (Å²) < 4.78 is 28.4. The lowest BCUT2D eigenvalue weighted by Gasteiger charge is -2.08. The molecule has 3 rings (SSSR count). The maximum absolute atomic E-state index is 13.7. The minimum absolute atomic E-state index is 0.0298. The number of nitrogens with one attached hydrogen (secondary N) is 1. The van der Waals surface area contributed by atoms with Gasteiger partial charge in [-0.05, 0) is 50.2 Å². The van der Waals surface area contributed by atoms with Crippen LogP contribution in [0.15, 0.2) is 42.5 Å². The Labute approximate surface area is 154 Å². The number of carbonyl (C=O) groups excluding carboxylic acids is 1. The molecule has 0 bridgehead atoms. The van der Waals surface area contributed by atoms with Gasteiger partial charge in [0.15, 0.2) is 0 Å². The number of halogens is 3. The molecule has 134 valence electrons. The molecule has 7 heteroatoms. The van der Waals surface area contributed by atoms with E-state index in [1.54, 1.807) is 23.7 Å². The number of hydrogen-bond acceptors (Lipinski definition) is 2. The van der Waals surface area contributed by atoms with E-state index in [2.05, 4.69) is 10.4 Å². The molecule has 1 N–H and O–H groups in total. The molecule has 1 heterocycles. The van der Waals surface area contributed by atoms with E-state index in [9.17, 15) is 13.6 Å². The molecule has 0 fully saturated rings. The summed E-state index contributed by atoms with van der Waals surface area (Å²) in [6.07, 6.45) is 0.0298. The summed E-state index contributed by atoms with van der Waals surface area (Å²) in [5.41, 5.74) is 3.02. The lowest BCUT2D eigenvalue weighted by Crippen LogP contribution is -2.16. The summed E-state index contributed by atoms with van der Waals surface area (Å²) in [7, 11) is 0. The Kier molecular flexibility index (Phi) is 5.04. The zero-order valence-electron chi connectivity index (χ0n) is 14.2. The van der Waals surface area contributed by atoms with Crippen LogP contribution in [0.3, 0.4) is 0 Å². The monoisotopic (exact) mass is 375 g/mol. The van der Waals surface area contributed by atoms with Crippen LogP contribution >= 0.6 is 11.6 Å². The van der Waals surface area contributed by atoms with E-state index in [1.165, 1.54) is 6.07 Å². The number of aryl methyl sites for hydroxylation is 1. The Morgan fingerprint density at radius 1 is 1.15 bits per heavy atom. The Bertz CT molecular complexity index is 968. The molecule has 1 amide bonds. The average molecular weight is 376 g/mol. The van der Waals surface area contributed by atoms with Crippen molar-refractivity contribution in [3.8, 4) is 5.69 Å². The maximum Gasteiger partial charge on any atom is 0.229 e. The second-order valence-electron chi connectivity index (χ2n) is 5.89. The lowest BCUT2D eigenvalue weighted by molar-refractivity contribution is -0.115. The number of rotatable bonds is 4. The van der Waals surface area contributed by atoms with Crippen molar-refractivity contribution in [1.29, 1.82) is 0 Å². The van der Waals surface area contributed by atoms with Crippen LogP contribution in [0.25, 0.3) is 5.69 Å². The molecule has 0 spiro atoms. The van der Waals surface area contributed by atoms with E-state index in [0.717, 1.165) is 29.1 Å². The molecule has 26 heavy (non-hydrogen) atoms. The number of benzene rings is 2. The van der Waals surface area contributed by atoms with Gasteiger partial charge in [-0.15, -0.1) is 0 Å². The first-order chi connectivity index (χ1) is 12.3. The first kappa shape index (κ1) is 18.1. The molecule has 0 radical (unpaired) electrons. The van der Waals surface area contributed by atoms with Gasteiger partial charge >= 0.3 is 0 Å². The maximum atomic E-state index is 13.7. The van der Waals surface area contributed by atoms with E-state index in [1.807, 2.05) is 19.1 Å². The highest BCUT2D eigenvalue weighted by molar-refractivity contribution is 6.30. The Hall–Kier alpha value is -2.73. The highest BCUT2D eigenvalue weighted by Crippen LogP contribution is 2.21. The van der Waals surface area contributed by atoms with Gasteiger partial charge in [0, 0.05) is 22.3 Å². The van der Waals surface area contributed by atoms with Crippen molar-refractivity contribution >= 4 is 23.2 Å². The number of anilines is 1. The molecule has 0 saturated heterocycles. The van der Waals surface area contributed by atoms with Crippen molar-refractivity contribution < 1.29 is 13.6 Å². The summed E-state index contributed by atoms with van der Waals surface area (Å²) in [6.45, 7) is 3.66. The zero-order chi connectivity index (χ0) is 18.8. The quantitative estimate of drug-likeness (QED) is 0.724. The number of aromatic nitrogens is 2. The second kappa shape index (κ2) is 7.25. The Morgan fingerprint density at radius 3 is 2.50 bits per heavy atom. The minimum atomic E-state index is -0.816. The van der Waals surface area contributed by atoms with Gasteiger partial charge in [0.25, 0.3) is 0 Å². The van der Waals surface area contributed by atoms with Crippen LogP contribution in [0.2, 0.25) is 5.02 Å². The van der Waals surface area contributed by atoms with Crippen molar-refractivity contribution in [2.75, 3.05) is 5.32 Å². The van der Waals surface area contributed by atoms with Gasteiger partial charge in [-0.2, -0.15) is 5.10 Å². The molecule has 0 aliphatic heterocycles. The second-order valence-corrected chi connectivity index (χ2v) is 6.32. The summed E-state index contributed by atoms with van der Waals surface area (Å²) in [4.78, 5) is 12.3. The largest absolute Gasteiger partial charge is 0.323 e. The molecule has 0 aliphatic rings. The number of carbonyl (C=O) groups is 1. The van der Waals surface area contributed by atoms with E-state index in [4.69, 9.17) is 11.6 Å². The molecule has 0 atom stereocenters. The van der Waals surface area contributed by atoms with Gasteiger partial charge in [0.2, 0.25) is 5.91 Å². The third kappa shape index (κ3) is 3.75. The SMILES string of the molecule is Cc1nn(-c2ccc(Cl)cc2)c(C)c1CC(=O)Nc1ccc(F)cc1F. The van der Waals surface area contributed by atoms with E-state index < -0.39 is 17.5 Å². The minimum Gasteiger partial charge on any atom is -0.323 e. The van der Waals surface area contributed by atoms with Crippen molar-refractivity contribution in [2.24, 2.45) is 0 Å². The molecule has 1 aromatic heterocycles.